The van der Waals surface area contributed by atoms with Crippen molar-refractivity contribution < 1.29 is 0 Å². The molecule has 1 aliphatic rings. The topological polar surface area (TPSA) is 43.6 Å². The highest BCUT2D eigenvalue weighted by Gasteiger charge is 2.24. The number of halogens is 2. The molecular formula is C13H14ClIN4. The zero-order chi connectivity index (χ0) is 13.4. The Kier molecular flexibility index (Phi) is 3.75. The average Bonchev–Trinajstić information content (AvgIpc) is 3.03. The van der Waals surface area contributed by atoms with Crippen molar-refractivity contribution in [3.8, 4) is 11.5 Å². The molecule has 100 valence electrons. The fourth-order valence-electron chi connectivity index (χ4n) is 2.61. The van der Waals surface area contributed by atoms with Gasteiger partial charge in [-0.15, -0.1) is 0 Å². The van der Waals surface area contributed by atoms with Gasteiger partial charge in [0.25, 0.3) is 0 Å². The van der Waals surface area contributed by atoms with Crippen molar-refractivity contribution in [1.82, 2.24) is 19.7 Å². The lowest BCUT2D eigenvalue weighted by Crippen LogP contribution is -2.06. The van der Waals surface area contributed by atoms with E-state index in [1.807, 2.05) is 13.1 Å². The van der Waals surface area contributed by atoms with Crippen LogP contribution in [0.2, 0.25) is 5.15 Å². The fraction of sp³-hybridized carbons (Fsp3) is 0.462. The maximum atomic E-state index is 6.28. The molecule has 0 spiro atoms. The lowest BCUT2D eigenvalue weighted by Gasteiger charge is -2.13. The predicted molar refractivity (Wildman–Crippen MR) is 83.2 cm³/mol. The summed E-state index contributed by atoms with van der Waals surface area (Å²) in [4.78, 5) is 9.15. The van der Waals surface area contributed by atoms with E-state index in [2.05, 4.69) is 32.7 Å². The van der Waals surface area contributed by atoms with Gasteiger partial charge in [-0.1, -0.05) is 24.4 Å². The second-order valence-corrected chi connectivity index (χ2v) is 6.30. The molecule has 2 aromatic heterocycles. The quantitative estimate of drug-likeness (QED) is 0.581. The molecule has 0 aliphatic heterocycles. The van der Waals surface area contributed by atoms with Crippen LogP contribution >= 0.6 is 34.2 Å². The predicted octanol–water partition coefficient (Wildman–Crippen LogP) is 3.79. The second kappa shape index (κ2) is 5.36. The third-order valence-electron chi connectivity index (χ3n) is 3.63. The minimum Gasteiger partial charge on any atom is -0.265 e. The minimum absolute atomic E-state index is 0.527. The summed E-state index contributed by atoms with van der Waals surface area (Å²) in [6, 6.07) is 1.91. The maximum absolute atomic E-state index is 6.28. The standard InChI is InChI=1S/C13H14ClIN4/c1-19-9(6-7-16-19)13-17-11(8-4-2-3-5-8)10(15)12(14)18-13/h6-8H,2-5H2,1H3. The molecule has 0 saturated heterocycles. The largest absolute Gasteiger partial charge is 0.265 e. The zero-order valence-electron chi connectivity index (χ0n) is 10.6. The first kappa shape index (κ1) is 13.3. The van der Waals surface area contributed by atoms with Crippen LogP contribution in [0.1, 0.15) is 37.3 Å². The Morgan fingerprint density at radius 3 is 2.68 bits per heavy atom. The van der Waals surface area contributed by atoms with E-state index in [9.17, 15) is 0 Å². The summed E-state index contributed by atoms with van der Waals surface area (Å²) in [5.74, 6) is 1.20. The van der Waals surface area contributed by atoms with Gasteiger partial charge in [0.2, 0.25) is 0 Å². The highest BCUT2D eigenvalue weighted by Crippen LogP contribution is 2.37. The van der Waals surface area contributed by atoms with Gasteiger partial charge in [-0.25, -0.2) is 9.97 Å². The van der Waals surface area contributed by atoms with Crippen LogP contribution < -0.4 is 0 Å². The van der Waals surface area contributed by atoms with Crippen molar-refractivity contribution >= 4 is 34.2 Å². The number of aromatic nitrogens is 4. The smallest absolute Gasteiger partial charge is 0.179 e. The SMILES string of the molecule is Cn1nccc1-c1nc(Cl)c(I)c(C2CCCC2)n1. The summed E-state index contributed by atoms with van der Waals surface area (Å²) in [7, 11) is 1.89. The highest BCUT2D eigenvalue weighted by molar-refractivity contribution is 14.1. The van der Waals surface area contributed by atoms with E-state index in [0.717, 1.165) is 15.0 Å². The number of rotatable bonds is 2. The van der Waals surface area contributed by atoms with Gasteiger partial charge in [0, 0.05) is 19.2 Å². The summed E-state index contributed by atoms with van der Waals surface area (Å²) in [5, 5.41) is 4.71. The molecule has 0 aromatic carbocycles. The Morgan fingerprint density at radius 2 is 2.05 bits per heavy atom. The van der Waals surface area contributed by atoms with Gasteiger partial charge in [0.1, 0.15) is 10.8 Å². The second-order valence-electron chi connectivity index (χ2n) is 4.86. The molecule has 1 aliphatic carbocycles. The molecule has 1 saturated carbocycles. The van der Waals surface area contributed by atoms with E-state index in [4.69, 9.17) is 16.6 Å². The van der Waals surface area contributed by atoms with Crippen LogP contribution in [0.15, 0.2) is 12.3 Å². The van der Waals surface area contributed by atoms with Gasteiger partial charge in [-0.3, -0.25) is 4.68 Å². The van der Waals surface area contributed by atoms with Crippen LogP contribution in [0.5, 0.6) is 0 Å². The Balaban J connectivity index is 2.10. The molecule has 2 heterocycles. The van der Waals surface area contributed by atoms with E-state index < -0.39 is 0 Å². The molecule has 4 nitrogen and oxygen atoms in total. The maximum Gasteiger partial charge on any atom is 0.179 e. The van der Waals surface area contributed by atoms with Gasteiger partial charge < -0.3 is 0 Å². The van der Waals surface area contributed by atoms with Crippen molar-refractivity contribution in [1.29, 1.82) is 0 Å². The Labute approximate surface area is 130 Å². The van der Waals surface area contributed by atoms with Gasteiger partial charge in [0.15, 0.2) is 5.82 Å². The van der Waals surface area contributed by atoms with Crippen molar-refractivity contribution in [2.24, 2.45) is 7.05 Å². The molecule has 0 atom stereocenters. The summed E-state index contributed by atoms with van der Waals surface area (Å²) in [5.41, 5.74) is 2.01. The summed E-state index contributed by atoms with van der Waals surface area (Å²) in [6.45, 7) is 0. The monoisotopic (exact) mass is 388 g/mol. The third-order valence-corrected chi connectivity index (χ3v) is 5.28. The molecule has 19 heavy (non-hydrogen) atoms. The molecule has 0 unspecified atom stereocenters. The van der Waals surface area contributed by atoms with Gasteiger partial charge in [-0.2, -0.15) is 5.10 Å². The molecule has 2 aromatic rings. The Bertz CT molecular complexity index is 605. The van der Waals surface area contributed by atoms with Crippen LogP contribution in [-0.2, 0) is 7.05 Å². The van der Waals surface area contributed by atoms with Crippen molar-refractivity contribution in [2.45, 2.75) is 31.6 Å². The van der Waals surface area contributed by atoms with Crippen LogP contribution in [0.3, 0.4) is 0 Å². The number of hydrogen-bond donors (Lipinski definition) is 0. The molecule has 0 bridgehead atoms. The summed E-state index contributed by atoms with van der Waals surface area (Å²) in [6.07, 6.45) is 6.72. The van der Waals surface area contributed by atoms with Crippen molar-refractivity contribution in [3.63, 3.8) is 0 Å². The molecule has 0 radical (unpaired) electrons. The highest BCUT2D eigenvalue weighted by atomic mass is 127. The zero-order valence-corrected chi connectivity index (χ0v) is 13.5. The van der Waals surface area contributed by atoms with Gasteiger partial charge in [0.05, 0.1) is 9.26 Å². The molecule has 3 rings (SSSR count). The molecular weight excluding hydrogens is 375 g/mol. The molecule has 0 N–H and O–H groups in total. The first-order valence-corrected chi connectivity index (χ1v) is 7.84. The van der Waals surface area contributed by atoms with E-state index >= 15 is 0 Å². The minimum atomic E-state index is 0.527. The number of nitrogens with zero attached hydrogens (tertiary/aromatic N) is 4. The lowest BCUT2D eigenvalue weighted by molar-refractivity contribution is 0.687. The Morgan fingerprint density at radius 1 is 1.32 bits per heavy atom. The normalized spacial score (nSPS) is 16.2. The van der Waals surface area contributed by atoms with E-state index in [-0.39, 0.29) is 0 Å². The van der Waals surface area contributed by atoms with Gasteiger partial charge >= 0.3 is 0 Å². The van der Waals surface area contributed by atoms with E-state index in [1.165, 1.54) is 25.7 Å². The lowest BCUT2D eigenvalue weighted by atomic mass is 10.0. The van der Waals surface area contributed by atoms with Crippen molar-refractivity contribution in [3.05, 3.63) is 26.7 Å². The van der Waals surface area contributed by atoms with Crippen molar-refractivity contribution in [2.75, 3.05) is 0 Å². The molecule has 0 amide bonds. The van der Waals surface area contributed by atoms with Crippen LogP contribution in [0, 0.1) is 3.57 Å². The first-order valence-electron chi connectivity index (χ1n) is 6.38. The van der Waals surface area contributed by atoms with Crippen LogP contribution in [-0.4, -0.2) is 19.7 Å². The third kappa shape index (κ3) is 2.50. The van der Waals surface area contributed by atoms with Crippen LogP contribution in [0.25, 0.3) is 11.5 Å². The van der Waals surface area contributed by atoms with Gasteiger partial charge in [-0.05, 0) is 41.5 Å². The van der Waals surface area contributed by atoms with Crippen LogP contribution in [0.4, 0.5) is 0 Å². The summed E-state index contributed by atoms with van der Waals surface area (Å²) >= 11 is 8.54. The number of aryl methyl sites for hydroxylation is 1. The first-order chi connectivity index (χ1) is 9.16. The molecule has 1 fully saturated rings. The average molecular weight is 389 g/mol. The Hall–Kier alpha value is -0.690. The van der Waals surface area contributed by atoms with E-state index in [0.29, 0.717) is 16.9 Å². The van der Waals surface area contributed by atoms with E-state index in [1.54, 1.807) is 10.9 Å². The number of hydrogen-bond acceptors (Lipinski definition) is 3. The summed E-state index contributed by atoms with van der Waals surface area (Å²) < 4.78 is 2.77. The molecule has 6 heteroatoms. The fourth-order valence-corrected chi connectivity index (χ4v) is 3.47.